The second-order valence-electron chi connectivity index (χ2n) is 6.21. The molecular formula is C15H22FN3O3S. The molecule has 0 unspecified atom stereocenters. The third-order valence-corrected chi connectivity index (χ3v) is 6.40. The molecule has 0 amide bonds. The van der Waals surface area contributed by atoms with E-state index in [2.05, 4.69) is 10.3 Å². The molecule has 128 valence electrons. The second kappa shape index (κ2) is 6.33. The van der Waals surface area contributed by atoms with Gasteiger partial charge in [-0.05, 0) is 31.9 Å². The number of aromatic nitrogens is 1. The van der Waals surface area contributed by atoms with Gasteiger partial charge in [0.15, 0.2) is 11.6 Å². The van der Waals surface area contributed by atoms with Crippen molar-refractivity contribution in [2.75, 3.05) is 30.8 Å². The summed E-state index contributed by atoms with van der Waals surface area (Å²) in [6.07, 6.45) is 3.79. The summed E-state index contributed by atoms with van der Waals surface area (Å²) in [5.74, 6) is -0.0801. The smallest absolute Gasteiger partial charge is 0.213 e. The molecule has 0 aromatic carbocycles. The van der Waals surface area contributed by atoms with E-state index in [0.717, 1.165) is 12.8 Å². The fourth-order valence-electron chi connectivity index (χ4n) is 3.38. The quantitative estimate of drug-likeness (QED) is 0.899. The lowest BCUT2D eigenvalue weighted by Gasteiger charge is -2.38. The molecule has 6 nitrogen and oxygen atoms in total. The number of rotatable bonds is 4. The van der Waals surface area contributed by atoms with E-state index in [9.17, 15) is 12.8 Å². The van der Waals surface area contributed by atoms with E-state index in [0.29, 0.717) is 26.1 Å². The van der Waals surface area contributed by atoms with Gasteiger partial charge >= 0.3 is 0 Å². The van der Waals surface area contributed by atoms with Crippen molar-refractivity contribution in [3.8, 4) is 0 Å². The third kappa shape index (κ3) is 3.49. The van der Waals surface area contributed by atoms with Gasteiger partial charge in [-0.1, -0.05) is 0 Å². The van der Waals surface area contributed by atoms with Gasteiger partial charge in [0, 0.05) is 25.7 Å². The van der Waals surface area contributed by atoms with Crippen LogP contribution in [0.15, 0.2) is 18.3 Å². The molecule has 0 bridgehead atoms. The topological polar surface area (TPSA) is 71.5 Å². The molecule has 23 heavy (non-hydrogen) atoms. The first-order chi connectivity index (χ1) is 10.9. The number of nitrogens with one attached hydrogen (secondary N) is 1. The predicted molar refractivity (Wildman–Crippen MR) is 85.2 cm³/mol. The van der Waals surface area contributed by atoms with Gasteiger partial charge in [0.05, 0.1) is 24.0 Å². The van der Waals surface area contributed by atoms with Gasteiger partial charge in [-0.2, -0.15) is 4.31 Å². The van der Waals surface area contributed by atoms with Crippen LogP contribution in [0.5, 0.6) is 0 Å². The lowest BCUT2D eigenvalue weighted by Crippen LogP contribution is -2.50. The van der Waals surface area contributed by atoms with Crippen molar-refractivity contribution >= 4 is 15.8 Å². The average molecular weight is 343 g/mol. The molecule has 8 heteroatoms. The Labute approximate surface area is 136 Å². The number of ether oxygens (including phenoxy) is 1. The molecule has 1 N–H and O–H groups in total. The Kier molecular flexibility index (Phi) is 4.57. The SMILES string of the molecule is CCS(=O)(=O)N1CCC[C@@]2(C[C@H](Nc3ncccc3F)CO2)C1. The Morgan fingerprint density at radius 1 is 1.57 bits per heavy atom. The van der Waals surface area contributed by atoms with Gasteiger partial charge < -0.3 is 10.1 Å². The Morgan fingerprint density at radius 2 is 2.39 bits per heavy atom. The van der Waals surface area contributed by atoms with E-state index in [1.807, 2.05) is 0 Å². The van der Waals surface area contributed by atoms with Crippen molar-refractivity contribution in [1.29, 1.82) is 0 Å². The Balaban J connectivity index is 1.67. The molecule has 2 fully saturated rings. The summed E-state index contributed by atoms with van der Waals surface area (Å²) >= 11 is 0. The lowest BCUT2D eigenvalue weighted by molar-refractivity contribution is -0.0329. The van der Waals surface area contributed by atoms with Gasteiger partial charge in [0.2, 0.25) is 10.0 Å². The van der Waals surface area contributed by atoms with Crippen LogP contribution in [0, 0.1) is 5.82 Å². The highest BCUT2D eigenvalue weighted by atomic mass is 32.2. The molecule has 1 spiro atoms. The fraction of sp³-hybridized carbons (Fsp3) is 0.667. The van der Waals surface area contributed by atoms with E-state index >= 15 is 0 Å². The monoisotopic (exact) mass is 343 g/mol. The maximum Gasteiger partial charge on any atom is 0.213 e. The van der Waals surface area contributed by atoms with E-state index in [1.165, 1.54) is 16.6 Å². The maximum atomic E-state index is 13.7. The van der Waals surface area contributed by atoms with Gasteiger partial charge in [-0.25, -0.2) is 17.8 Å². The zero-order chi connectivity index (χ0) is 16.5. The summed E-state index contributed by atoms with van der Waals surface area (Å²) in [7, 11) is -3.21. The molecule has 0 aliphatic carbocycles. The number of hydrogen-bond acceptors (Lipinski definition) is 5. The number of halogens is 1. The van der Waals surface area contributed by atoms with Crippen LogP contribution in [-0.2, 0) is 14.8 Å². The van der Waals surface area contributed by atoms with Crippen LogP contribution in [0.4, 0.5) is 10.2 Å². The van der Waals surface area contributed by atoms with Crippen molar-refractivity contribution in [3.63, 3.8) is 0 Å². The highest BCUT2D eigenvalue weighted by Crippen LogP contribution is 2.36. The first-order valence-electron chi connectivity index (χ1n) is 7.93. The minimum Gasteiger partial charge on any atom is -0.371 e. The van der Waals surface area contributed by atoms with Gasteiger partial charge in [-0.15, -0.1) is 0 Å². The van der Waals surface area contributed by atoms with Crippen LogP contribution < -0.4 is 5.32 Å². The number of pyridine rings is 1. The summed E-state index contributed by atoms with van der Waals surface area (Å²) in [4.78, 5) is 3.99. The lowest BCUT2D eigenvalue weighted by atomic mass is 9.90. The molecular weight excluding hydrogens is 321 g/mol. The van der Waals surface area contributed by atoms with E-state index in [-0.39, 0.29) is 17.6 Å². The van der Waals surface area contributed by atoms with Crippen molar-refractivity contribution in [2.45, 2.75) is 37.8 Å². The first-order valence-corrected chi connectivity index (χ1v) is 9.54. The van der Waals surface area contributed by atoms with Crippen molar-refractivity contribution < 1.29 is 17.5 Å². The maximum absolute atomic E-state index is 13.7. The number of nitrogens with zero attached hydrogens (tertiary/aromatic N) is 2. The molecule has 1 aromatic rings. The van der Waals surface area contributed by atoms with Crippen LogP contribution in [0.2, 0.25) is 0 Å². The number of anilines is 1. The number of piperidine rings is 1. The molecule has 3 heterocycles. The van der Waals surface area contributed by atoms with E-state index in [4.69, 9.17) is 4.74 Å². The number of sulfonamides is 1. The summed E-state index contributed by atoms with van der Waals surface area (Å²) in [6.45, 7) is 3.01. The Hall–Kier alpha value is -1.25. The molecule has 2 saturated heterocycles. The third-order valence-electron chi connectivity index (χ3n) is 4.57. The minimum atomic E-state index is -3.21. The molecule has 2 aliphatic rings. The average Bonchev–Trinajstić information content (AvgIpc) is 2.92. The van der Waals surface area contributed by atoms with Crippen molar-refractivity contribution in [2.24, 2.45) is 0 Å². The van der Waals surface area contributed by atoms with Crippen molar-refractivity contribution in [3.05, 3.63) is 24.1 Å². The highest BCUT2D eigenvalue weighted by molar-refractivity contribution is 7.89. The first kappa shape index (κ1) is 16.6. The van der Waals surface area contributed by atoms with Crippen LogP contribution >= 0.6 is 0 Å². The van der Waals surface area contributed by atoms with E-state index in [1.54, 1.807) is 13.0 Å². The molecule has 2 atom stereocenters. The number of hydrogen-bond donors (Lipinski definition) is 1. The molecule has 1 aromatic heterocycles. The zero-order valence-electron chi connectivity index (χ0n) is 13.2. The van der Waals surface area contributed by atoms with Crippen LogP contribution in [-0.4, -0.2) is 54.8 Å². The van der Waals surface area contributed by atoms with Crippen molar-refractivity contribution in [1.82, 2.24) is 9.29 Å². The summed E-state index contributed by atoms with van der Waals surface area (Å²) in [5, 5.41) is 3.07. The molecule has 2 aliphatic heterocycles. The predicted octanol–water partition coefficient (Wildman–Crippen LogP) is 1.61. The Bertz CT molecular complexity index is 670. The van der Waals surface area contributed by atoms with Gasteiger partial charge in [-0.3, -0.25) is 0 Å². The van der Waals surface area contributed by atoms with Gasteiger partial charge in [0.1, 0.15) is 0 Å². The molecule has 0 saturated carbocycles. The summed E-state index contributed by atoms with van der Waals surface area (Å²) < 4.78 is 45.4. The zero-order valence-corrected chi connectivity index (χ0v) is 14.0. The Morgan fingerprint density at radius 3 is 3.13 bits per heavy atom. The van der Waals surface area contributed by atoms with Crippen LogP contribution in [0.1, 0.15) is 26.2 Å². The second-order valence-corrected chi connectivity index (χ2v) is 8.47. The summed E-state index contributed by atoms with van der Waals surface area (Å²) in [5.41, 5.74) is -0.469. The fourth-order valence-corrected chi connectivity index (χ4v) is 4.59. The summed E-state index contributed by atoms with van der Waals surface area (Å²) in [6, 6.07) is 2.84. The standard InChI is InChI=1S/C15H22FN3O3S/c1-2-23(20,21)19-8-4-6-15(11-19)9-12(10-22-15)18-14-13(16)5-3-7-17-14/h3,5,7,12H,2,4,6,8-11H2,1H3,(H,17,18)/t12-,15+/m0/s1. The largest absolute Gasteiger partial charge is 0.371 e. The minimum absolute atomic E-state index is 0.0660. The van der Waals surface area contributed by atoms with Gasteiger partial charge in [0.25, 0.3) is 0 Å². The van der Waals surface area contributed by atoms with Crippen LogP contribution in [0.3, 0.4) is 0 Å². The normalized spacial score (nSPS) is 29.0. The molecule has 3 rings (SSSR count). The molecule has 0 radical (unpaired) electrons. The van der Waals surface area contributed by atoms with E-state index < -0.39 is 21.4 Å². The highest BCUT2D eigenvalue weighted by Gasteiger charge is 2.45. The van der Waals surface area contributed by atoms with Crippen LogP contribution in [0.25, 0.3) is 0 Å².